The van der Waals surface area contributed by atoms with E-state index < -0.39 is 0 Å². The molecule has 4 nitrogen and oxygen atoms in total. The first-order valence-electron chi connectivity index (χ1n) is 7.33. The second-order valence-corrected chi connectivity index (χ2v) is 5.66. The van der Waals surface area contributed by atoms with E-state index >= 15 is 0 Å². The van der Waals surface area contributed by atoms with Gasteiger partial charge in [0.25, 0.3) is 0 Å². The van der Waals surface area contributed by atoms with Crippen LogP contribution in [0.15, 0.2) is 24.3 Å². The summed E-state index contributed by atoms with van der Waals surface area (Å²) in [5, 5.41) is 2.94. The normalized spacial score (nSPS) is 17.4. The summed E-state index contributed by atoms with van der Waals surface area (Å²) in [6.07, 6.45) is 0. The average Bonchev–Trinajstić information content (AvgIpc) is 2.41. The fraction of sp³-hybridized carbons (Fsp3) is 0.562. The van der Waals surface area contributed by atoms with E-state index in [4.69, 9.17) is 0 Å². The van der Waals surface area contributed by atoms with E-state index in [1.54, 1.807) is 0 Å². The molecule has 0 saturated carbocycles. The van der Waals surface area contributed by atoms with Crippen molar-refractivity contribution in [2.75, 3.05) is 32.7 Å². The third-order valence-electron chi connectivity index (χ3n) is 3.45. The van der Waals surface area contributed by atoms with Crippen molar-refractivity contribution in [3.63, 3.8) is 0 Å². The second-order valence-electron chi connectivity index (χ2n) is 5.66. The number of rotatable bonds is 5. The van der Waals surface area contributed by atoms with Crippen LogP contribution in [0.25, 0.3) is 0 Å². The Morgan fingerprint density at radius 1 is 1.25 bits per heavy atom. The van der Waals surface area contributed by atoms with Gasteiger partial charge in [0.05, 0.1) is 6.54 Å². The van der Waals surface area contributed by atoms with E-state index in [-0.39, 0.29) is 11.9 Å². The molecule has 1 N–H and O–H groups in total. The van der Waals surface area contributed by atoms with Crippen molar-refractivity contribution in [2.24, 2.45) is 0 Å². The fourth-order valence-corrected chi connectivity index (χ4v) is 2.45. The van der Waals surface area contributed by atoms with Crippen LogP contribution in [0.1, 0.15) is 19.4 Å². The van der Waals surface area contributed by atoms with Gasteiger partial charge >= 0.3 is 0 Å². The van der Waals surface area contributed by atoms with Crippen molar-refractivity contribution in [1.82, 2.24) is 15.1 Å². The number of nitrogens with zero attached hydrogens (tertiary/aromatic N) is 2. The maximum absolute atomic E-state index is 11.7. The lowest BCUT2D eigenvalue weighted by Crippen LogP contribution is -2.49. The van der Waals surface area contributed by atoms with E-state index in [2.05, 4.69) is 33.3 Å². The van der Waals surface area contributed by atoms with Gasteiger partial charge in [0, 0.05) is 38.8 Å². The van der Waals surface area contributed by atoms with Crippen molar-refractivity contribution in [1.29, 1.82) is 0 Å². The van der Waals surface area contributed by atoms with Crippen LogP contribution in [-0.2, 0) is 11.3 Å². The monoisotopic (exact) mass is 274 g/mol. The molecule has 2 rings (SSSR count). The minimum absolute atomic E-state index is 0.129. The summed E-state index contributed by atoms with van der Waals surface area (Å²) in [5.74, 6) is 0.129. The highest BCUT2D eigenvalue weighted by molar-refractivity contribution is 5.78. The van der Waals surface area contributed by atoms with Gasteiger partial charge in [0.15, 0.2) is 0 Å². The third kappa shape index (κ3) is 4.94. The van der Waals surface area contributed by atoms with E-state index in [0.29, 0.717) is 6.54 Å². The summed E-state index contributed by atoms with van der Waals surface area (Å²) in [5.41, 5.74) is 1.23. The first kappa shape index (κ1) is 15.0. The lowest BCUT2D eigenvalue weighted by Gasteiger charge is -2.34. The molecule has 1 heterocycles. The highest BCUT2D eigenvalue weighted by atomic mass is 16.2. The summed E-state index contributed by atoms with van der Waals surface area (Å²) >= 11 is 0. The molecule has 20 heavy (non-hydrogen) atoms. The summed E-state index contributed by atoms with van der Waals surface area (Å²) in [7, 11) is 0. The summed E-state index contributed by atoms with van der Waals surface area (Å²) in [4.78, 5) is 16.4. The first-order chi connectivity index (χ1) is 9.63. The van der Waals surface area contributed by atoms with E-state index in [9.17, 15) is 4.79 Å². The average molecular weight is 274 g/mol. The van der Waals surface area contributed by atoms with Crippen LogP contribution in [0, 0.1) is 6.07 Å². The maximum Gasteiger partial charge on any atom is 0.234 e. The molecule has 1 aliphatic rings. The number of piperazine rings is 1. The molecular weight excluding hydrogens is 250 g/mol. The molecule has 109 valence electrons. The zero-order valence-corrected chi connectivity index (χ0v) is 12.4. The van der Waals surface area contributed by atoms with Crippen molar-refractivity contribution in [2.45, 2.75) is 26.4 Å². The van der Waals surface area contributed by atoms with Crippen molar-refractivity contribution in [3.8, 4) is 0 Å². The molecule has 1 aliphatic heterocycles. The first-order valence-corrected chi connectivity index (χ1v) is 7.33. The Labute approximate surface area is 121 Å². The third-order valence-corrected chi connectivity index (χ3v) is 3.45. The Morgan fingerprint density at radius 3 is 2.55 bits per heavy atom. The number of hydrogen-bond acceptors (Lipinski definition) is 3. The molecule has 0 spiro atoms. The summed E-state index contributed by atoms with van der Waals surface area (Å²) in [6.45, 7) is 9.39. The molecule has 0 atom stereocenters. The Balaban J connectivity index is 1.71. The SMILES string of the molecule is CC(C)NC(=O)CN1CCN(Cc2[c]cccc2)CC1. The van der Waals surface area contributed by atoms with Crippen LogP contribution in [0.5, 0.6) is 0 Å². The molecule has 1 aromatic carbocycles. The summed E-state index contributed by atoms with van der Waals surface area (Å²) < 4.78 is 0. The maximum atomic E-state index is 11.7. The van der Waals surface area contributed by atoms with Crippen LogP contribution < -0.4 is 5.32 Å². The number of benzene rings is 1. The highest BCUT2D eigenvalue weighted by Crippen LogP contribution is 2.07. The van der Waals surface area contributed by atoms with Gasteiger partial charge in [-0.1, -0.05) is 24.3 Å². The van der Waals surface area contributed by atoms with E-state index in [0.717, 1.165) is 32.7 Å². The van der Waals surface area contributed by atoms with Gasteiger partial charge in [-0.15, -0.1) is 0 Å². The smallest absolute Gasteiger partial charge is 0.234 e. The van der Waals surface area contributed by atoms with E-state index in [1.165, 1.54) is 5.56 Å². The number of hydrogen-bond donors (Lipinski definition) is 1. The molecule has 1 aromatic rings. The topological polar surface area (TPSA) is 35.6 Å². The predicted molar refractivity (Wildman–Crippen MR) is 80.3 cm³/mol. The molecule has 1 fully saturated rings. The van der Waals surface area contributed by atoms with Gasteiger partial charge < -0.3 is 5.32 Å². The van der Waals surface area contributed by atoms with Gasteiger partial charge in [0.2, 0.25) is 5.91 Å². The van der Waals surface area contributed by atoms with Gasteiger partial charge in [-0.05, 0) is 25.5 Å². The van der Waals surface area contributed by atoms with Crippen molar-refractivity contribution >= 4 is 5.91 Å². The zero-order valence-electron chi connectivity index (χ0n) is 12.4. The Hall–Kier alpha value is -1.39. The Morgan fingerprint density at radius 2 is 1.95 bits per heavy atom. The second kappa shape index (κ2) is 7.41. The lowest BCUT2D eigenvalue weighted by atomic mass is 10.2. The number of nitrogens with one attached hydrogen (secondary N) is 1. The van der Waals surface area contributed by atoms with Gasteiger partial charge in [-0.2, -0.15) is 0 Å². The largest absolute Gasteiger partial charge is 0.353 e. The van der Waals surface area contributed by atoms with Gasteiger partial charge in [-0.3, -0.25) is 14.6 Å². The van der Waals surface area contributed by atoms with Gasteiger partial charge in [-0.25, -0.2) is 0 Å². The van der Waals surface area contributed by atoms with Crippen LogP contribution in [0.3, 0.4) is 0 Å². The molecule has 1 saturated heterocycles. The lowest BCUT2D eigenvalue weighted by molar-refractivity contribution is -0.123. The minimum Gasteiger partial charge on any atom is -0.353 e. The fourth-order valence-electron chi connectivity index (χ4n) is 2.45. The van der Waals surface area contributed by atoms with Crippen LogP contribution in [0.4, 0.5) is 0 Å². The molecule has 4 heteroatoms. The quantitative estimate of drug-likeness (QED) is 0.874. The molecule has 0 unspecified atom stereocenters. The molecule has 0 bridgehead atoms. The molecule has 1 amide bonds. The minimum atomic E-state index is 0.129. The Kier molecular flexibility index (Phi) is 5.56. The van der Waals surface area contributed by atoms with Crippen LogP contribution >= 0.6 is 0 Å². The number of amides is 1. The van der Waals surface area contributed by atoms with Gasteiger partial charge in [0.1, 0.15) is 0 Å². The predicted octanol–water partition coefficient (Wildman–Crippen LogP) is 1.13. The van der Waals surface area contributed by atoms with Crippen molar-refractivity contribution in [3.05, 3.63) is 35.9 Å². The molecule has 1 radical (unpaired) electrons. The standard InChI is InChI=1S/C16H24N3O/c1-14(2)17-16(20)13-19-10-8-18(9-11-19)12-15-6-4-3-5-7-15/h3-6,14H,8-13H2,1-2H3,(H,17,20). The number of carbonyl (C=O) groups is 1. The molecule has 0 aromatic heterocycles. The number of carbonyl (C=O) groups excluding carboxylic acids is 1. The zero-order chi connectivity index (χ0) is 14.4. The Bertz CT molecular complexity index is 411. The highest BCUT2D eigenvalue weighted by Gasteiger charge is 2.19. The molecule has 0 aliphatic carbocycles. The van der Waals surface area contributed by atoms with Crippen LogP contribution in [-0.4, -0.2) is 54.5 Å². The van der Waals surface area contributed by atoms with Crippen LogP contribution in [0.2, 0.25) is 0 Å². The summed E-state index contributed by atoms with van der Waals surface area (Å²) in [6, 6.07) is 11.6. The van der Waals surface area contributed by atoms with Crippen molar-refractivity contribution < 1.29 is 4.79 Å². The molecular formula is C16H24N3O. The van der Waals surface area contributed by atoms with E-state index in [1.807, 2.05) is 26.0 Å².